The van der Waals surface area contributed by atoms with Crippen LogP contribution < -0.4 is 5.32 Å². The summed E-state index contributed by atoms with van der Waals surface area (Å²) in [5.74, 6) is 1.27. The molecule has 6 nitrogen and oxygen atoms in total. The van der Waals surface area contributed by atoms with Gasteiger partial charge in [-0.25, -0.2) is 0 Å². The highest BCUT2D eigenvalue weighted by molar-refractivity contribution is 14.0. The van der Waals surface area contributed by atoms with E-state index in [1.165, 1.54) is 43.5 Å². The predicted molar refractivity (Wildman–Crippen MR) is 132 cm³/mol. The van der Waals surface area contributed by atoms with Crippen LogP contribution in [0.25, 0.3) is 0 Å². The third-order valence-corrected chi connectivity index (χ3v) is 6.46. The fourth-order valence-electron chi connectivity index (χ4n) is 4.85. The van der Waals surface area contributed by atoms with E-state index in [9.17, 15) is 4.79 Å². The van der Waals surface area contributed by atoms with Gasteiger partial charge in [0, 0.05) is 51.7 Å². The Kier molecular flexibility index (Phi) is 8.80. The number of nitrogens with one attached hydrogen (secondary N) is 1. The van der Waals surface area contributed by atoms with Crippen molar-refractivity contribution in [1.82, 2.24) is 20.0 Å². The molecule has 3 aliphatic heterocycles. The number of hydrogen-bond donors (Lipinski definition) is 1. The summed E-state index contributed by atoms with van der Waals surface area (Å²) in [6.07, 6.45) is 5.32. The van der Waals surface area contributed by atoms with Crippen LogP contribution in [0.1, 0.15) is 50.2 Å². The third kappa shape index (κ3) is 5.66. The van der Waals surface area contributed by atoms with Gasteiger partial charge >= 0.3 is 0 Å². The van der Waals surface area contributed by atoms with Crippen LogP contribution in [0, 0.1) is 0 Å². The van der Waals surface area contributed by atoms with Gasteiger partial charge in [-0.2, -0.15) is 0 Å². The zero-order valence-corrected chi connectivity index (χ0v) is 20.5. The molecule has 1 unspecified atom stereocenters. The zero-order valence-electron chi connectivity index (χ0n) is 18.2. The lowest BCUT2D eigenvalue weighted by atomic mass is 10.1. The first-order valence-corrected chi connectivity index (χ1v) is 11.4. The quantitative estimate of drug-likeness (QED) is 0.269. The van der Waals surface area contributed by atoms with Gasteiger partial charge in [0.15, 0.2) is 5.96 Å². The number of likely N-dealkylation sites (tertiary alicyclic amines) is 2. The summed E-state index contributed by atoms with van der Waals surface area (Å²) in [5.41, 5.74) is 2.57. The number of amides is 1. The predicted octanol–water partition coefficient (Wildman–Crippen LogP) is 3.06. The molecule has 4 rings (SSSR count). The second-order valence-electron chi connectivity index (χ2n) is 8.49. The Bertz CT molecular complexity index is 709. The van der Waals surface area contributed by atoms with Crippen LogP contribution in [0.3, 0.4) is 0 Å². The summed E-state index contributed by atoms with van der Waals surface area (Å²) in [6, 6.07) is 9.04. The van der Waals surface area contributed by atoms with E-state index in [-0.39, 0.29) is 29.9 Å². The fraction of sp³-hybridized carbons (Fsp3) is 0.652. The Labute approximate surface area is 198 Å². The molecule has 30 heavy (non-hydrogen) atoms. The Hall–Kier alpha value is -1.35. The van der Waals surface area contributed by atoms with Crippen molar-refractivity contribution in [2.24, 2.45) is 4.99 Å². The SMILES string of the molecule is CCNC(=NCCCC(=O)N1Cc2ccccc2C1)N1CCC(N2CCCC2)C1.I. The van der Waals surface area contributed by atoms with Crippen molar-refractivity contribution in [2.75, 3.05) is 39.3 Å². The minimum atomic E-state index is 0. The molecule has 1 aromatic carbocycles. The zero-order chi connectivity index (χ0) is 20.1. The Morgan fingerprint density at radius 1 is 1.10 bits per heavy atom. The molecule has 166 valence electrons. The van der Waals surface area contributed by atoms with Crippen molar-refractivity contribution in [3.05, 3.63) is 35.4 Å². The van der Waals surface area contributed by atoms with E-state index in [2.05, 4.69) is 46.3 Å². The van der Waals surface area contributed by atoms with E-state index in [4.69, 9.17) is 4.99 Å². The first-order valence-electron chi connectivity index (χ1n) is 11.4. The highest BCUT2D eigenvalue weighted by Gasteiger charge is 2.30. The monoisotopic (exact) mass is 525 g/mol. The fourth-order valence-corrected chi connectivity index (χ4v) is 4.85. The molecule has 1 amide bonds. The molecular formula is C23H36IN5O. The van der Waals surface area contributed by atoms with Gasteiger partial charge in [-0.15, -0.1) is 24.0 Å². The number of rotatable bonds is 6. The van der Waals surface area contributed by atoms with Gasteiger partial charge in [0.25, 0.3) is 0 Å². The first kappa shape index (κ1) is 23.3. The molecule has 1 atom stereocenters. The average molecular weight is 525 g/mol. The van der Waals surface area contributed by atoms with Crippen molar-refractivity contribution in [3.63, 3.8) is 0 Å². The molecule has 0 spiro atoms. The second kappa shape index (κ2) is 11.3. The van der Waals surface area contributed by atoms with Crippen molar-refractivity contribution in [3.8, 4) is 0 Å². The molecule has 0 aliphatic carbocycles. The van der Waals surface area contributed by atoms with Gasteiger partial charge in [0.2, 0.25) is 5.91 Å². The minimum absolute atomic E-state index is 0. The normalized spacial score (nSPS) is 21.6. The number of halogens is 1. The summed E-state index contributed by atoms with van der Waals surface area (Å²) >= 11 is 0. The average Bonchev–Trinajstić information content (AvgIpc) is 3.49. The van der Waals surface area contributed by atoms with Crippen LogP contribution in [0.4, 0.5) is 0 Å². The van der Waals surface area contributed by atoms with Crippen LogP contribution in [0.2, 0.25) is 0 Å². The highest BCUT2D eigenvalue weighted by Crippen LogP contribution is 2.23. The van der Waals surface area contributed by atoms with E-state index < -0.39 is 0 Å². The molecule has 7 heteroatoms. The van der Waals surface area contributed by atoms with Crippen LogP contribution in [-0.4, -0.2) is 71.9 Å². The summed E-state index contributed by atoms with van der Waals surface area (Å²) < 4.78 is 0. The maximum Gasteiger partial charge on any atom is 0.223 e. The number of aliphatic imine (C=N–C) groups is 1. The molecular weight excluding hydrogens is 489 g/mol. The van der Waals surface area contributed by atoms with E-state index in [0.29, 0.717) is 19.0 Å². The number of benzene rings is 1. The topological polar surface area (TPSA) is 51.2 Å². The molecule has 0 bridgehead atoms. The maximum atomic E-state index is 12.6. The summed E-state index contributed by atoms with van der Waals surface area (Å²) in [4.78, 5) is 24.4. The van der Waals surface area contributed by atoms with E-state index in [0.717, 1.165) is 45.1 Å². The highest BCUT2D eigenvalue weighted by atomic mass is 127. The van der Waals surface area contributed by atoms with Gasteiger partial charge in [-0.1, -0.05) is 24.3 Å². The van der Waals surface area contributed by atoms with Crippen molar-refractivity contribution >= 4 is 35.8 Å². The molecule has 1 aromatic rings. The number of fused-ring (bicyclic) bond motifs is 1. The number of guanidine groups is 1. The van der Waals surface area contributed by atoms with Gasteiger partial charge < -0.3 is 15.1 Å². The largest absolute Gasteiger partial charge is 0.357 e. The van der Waals surface area contributed by atoms with Crippen LogP contribution >= 0.6 is 24.0 Å². The maximum absolute atomic E-state index is 12.6. The first-order chi connectivity index (χ1) is 14.2. The van der Waals surface area contributed by atoms with Gasteiger partial charge in [0.05, 0.1) is 0 Å². The van der Waals surface area contributed by atoms with E-state index in [1.807, 2.05) is 4.90 Å². The molecule has 0 radical (unpaired) electrons. The molecule has 3 heterocycles. The van der Waals surface area contributed by atoms with Crippen molar-refractivity contribution in [1.29, 1.82) is 0 Å². The number of carbonyl (C=O) groups is 1. The lowest BCUT2D eigenvalue weighted by Crippen LogP contribution is -2.42. The molecule has 3 aliphatic rings. The van der Waals surface area contributed by atoms with E-state index >= 15 is 0 Å². The number of carbonyl (C=O) groups excluding carboxylic acids is 1. The van der Waals surface area contributed by atoms with Crippen LogP contribution in [0.5, 0.6) is 0 Å². The molecule has 1 N–H and O–H groups in total. The number of hydrogen-bond acceptors (Lipinski definition) is 3. The lowest BCUT2D eigenvalue weighted by molar-refractivity contribution is -0.131. The number of nitrogens with zero attached hydrogens (tertiary/aromatic N) is 4. The van der Waals surface area contributed by atoms with Crippen molar-refractivity contribution < 1.29 is 4.79 Å². The van der Waals surface area contributed by atoms with E-state index in [1.54, 1.807) is 0 Å². The molecule has 2 fully saturated rings. The standard InChI is InChI=1S/C23H35N5O.HI/c1-2-24-23(27-15-11-21(18-27)26-13-5-6-14-26)25-12-7-10-22(29)28-16-19-8-3-4-9-20(19)17-28;/h3-4,8-9,21H,2,5-7,10-18H2,1H3,(H,24,25);1H. The Morgan fingerprint density at radius 2 is 1.80 bits per heavy atom. The summed E-state index contributed by atoms with van der Waals surface area (Å²) in [7, 11) is 0. The van der Waals surface area contributed by atoms with Crippen LogP contribution in [-0.2, 0) is 17.9 Å². The van der Waals surface area contributed by atoms with Crippen molar-refractivity contribution in [2.45, 2.75) is 58.2 Å². The molecule has 0 aromatic heterocycles. The van der Waals surface area contributed by atoms with Gasteiger partial charge in [0.1, 0.15) is 0 Å². The third-order valence-electron chi connectivity index (χ3n) is 6.46. The Morgan fingerprint density at radius 3 is 2.47 bits per heavy atom. The minimum Gasteiger partial charge on any atom is -0.357 e. The summed E-state index contributed by atoms with van der Waals surface area (Å²) in [6.45, 7) is 9.91. The smallest absolute Gasteiger partial charge is 0.223 e. The van der Waals surface area contributed by atoms with Crippen LogP contribution in [0.15, 0.2) is 29.3 Å². The van der Waals surface area contributed by atoms with Gasteiger partial charge in [-0.05, 0) is 56.8 Å². The lowest BCUT2D eigenvalue weighted by Gasteiger charge is -2.25. The molecule has 0 saturated carbocycles. The second-order valence-corrected chi connectivity index (χ2v) is 8.49. The summed E-state index contributed by atoms with van der Waals surface area (Å²) in [5, 5.41) is 3.45. The molecule has 2 saturated heterocycles. The Balaban J connectivity index is 0.00000256. The van der Waals surface area contributed by atoms with Gasteiger partial charge in [-0.3, -0.25) is 14.7 Å².